The van der Waals surface area contributed by atoms with Crippen molar-refractivity contribution in [1.82, 2.24) is 0 Å². The summed E-state index contributed by atoms with van der Waals surface area (Å²) in [7, 11) is 0. The van der Waals surface area contributed by atoms with Crippen molar-refractivity contribution in [1.29, 1.82) is 0 Å². The largest absolute Gasteiger partial charge is 0.573 e. The molecule has 0 amide bonds. The van der Waals surface area contributed by atoms with Crippen LogP contribution in [0, 0.1) is 0 Å². The lowest BCUT2D eigenvalue weighted by molar-refractivity contribution is -0.274. The molecule has 2 rings (SSSR count). The highest BCUT2D eigenvalue weighted by atomic mass is 79.9. The molecule has 1 atom stereocenters. The van der Waals surface area contributed by atoms with E-state index in [1.807, 2.05) is 0 Å². The molecule has 2 N–H and O–H groups in total. The summed E-state index contributed by atoms with van der Waals surface area (Å²) in [6, 6.07) is 6.91. The summed E-state index contributed by atoms with van der Waals surface area (Å²) < 4.78 is 78.8. The van der Waals surface area contributed by atoms with Crippen molar-refractivity contribution in [3.05, 3.63) is 63.6 Å². The van der Waals surface area contributed by atoms with Gasteiger partial charge in [-0.1, -0.05) is 28.1 Å². The molecular formula is C15H10BrF6NO. The highest BCUT2D eigenvalue weighted by Crippen LogP contribution is 2.34. The average Bonchev–Trinajstić information content (AvgIpc) is 2.44. The first-order chi connectivity index (χ1) is 11.0. The molecule has 0 aliphatic carbocycles. The van der Waals surface area contributed by atoms with Gasteiger partial charge in [0.2, 0.25) is 0 Å². The molecule has 2 nitrogen and oxygen atoms in total. The van der Waals surface area contributed by atoms with Crippen LogP contribution in [0.25, 0.3) is 0 Å². The van der Waals surface area contributed by atoms with Gasteiger partial charge < -0.3 is 10.5 Å². The number of ether oxygens (including phenoxy) is 1. The summed E-state index contributed by atoms with van der Waals surface area (Å²) >= 11 is 2.99. The van der Waals surface area contributed by atoms with Crippen molar-refractivity contribution in [2.24, 2.45) is 5.73 Å². The first-order valence-corrected chi connectivity index (χ1v) is 7.24. The molecule has 0 spiro atoms. The molecule has 9 heteroatoms. The minimum Gasteiger partial charge on any atom is -0.406 e. The van der Waals surface area contributed by atoms with Gasteiger partial charge in [0, 0.05) is 4.47 Å². The maximum Gasteiger partial charge on any atom is 0.573 e. The Labute approximate surface area is 141 Å². The van der Waals surface area contributed by atoms with Gasteiger partial charge in [0.15, 0.2) is 0 Å². The zero-order valence-electron chi connectivity index (χ0n) is 11.8. The van der Waals surface area contributed by atoms with Crippen LogP contribution >= 0.6 is 15.9 Å². The summed E-state index contributed by atoms with van der Waals surface area (Å²) in [5, 5.41) is 0. The minimum absolute atomic E-state index is 0.168. The zero-order valence-corrected chi connectivity index (χ0v) is 13.3. The third kappa shape index (κ3) is 4.88. The van der Waals surface area contributed by atoms with Crippen LogP contribution in [-0.4, -0.2) is 6.36 Å². The summed E-state index contributed by atoms with van der Waals surface area (Å²) in [5.74, 6) is -0.441. The minimum atomic E-state index is -4.82. The van der Waals surface area contributed by atoms with Gasteiger partial charge in [-0.25, -0.2) is 0 Å². The maximum atomic E-state index is 12.8. The van der Waals surface area contributed by atoms with Crippen LogP contribution in [0.1, 0.15) is 22.7 Å². The SMILES string of the molecule is N[C@@H](c1ccc(OC(F)(F)F)cc1)c1cc(Br)cc(C(F)(F)F)c1. The maximum absolute atomic E-state index is 12.8. The van der Waals surface area contributed by atoms with Gasteiger partial charge in [0.1, 0.15) is 5.75 Å². The number of halogens is 7. The predicted octanol–water partition coefficient (Wildman–Crippen LogP) is 5.41. The number of alkyl halides is 6. The normalized spacial score (nSPS) is 13.7. The van der Waals surface area contributed by atoms with Gasteiger partial charge in [0.25, 0.3) is 0 Å². The molecule has 0 saturated heterocycles. The molecule has 24 heavy (non-hydrogen) atoms. The van der Waals surface area contributed by atoms with Crippen LogP contribution in [-0.2, 0) is 6.18 Å². The fourth-order valence-electron chi connectivity index (χ4n) is 2.02. The summed E-state index contributed by atoms with van der Waals surface area (Å²) in [6.07, 6.45) is -9.36. The highest BCUT2D eigenvalue weighted by Gasteiger charge is 2.32. The lowest BCUT2D eigenvalue weighted by Crippen LogP contribution is -2.17. The molecule has 2 aromatic rings. The molecular weight excluding hydrogens is 404 g/mol. The van der Waals surface area contributed by atoms with Crippen molar-refractivity contribution in [3.8, 4) is 5.75 Å². The second kappa shape index (κ2) is 6.64. The first kappa shape index (κ1) is 18.6. The standard InChI is InChI=1S/C15H10BrF6NO/c16-11-6-9(5-10(7-11)14(17,18)19)13(23)8-1-3-12(4-2-8)24-15(20,21)22/h1-7,13H,23H2/t13-/m0/s1. The Kier molecular flexibility index (Phi) is 5.14. The fraction of sp³-hybridized carbons (Fsp3) is 0.200. The van der Waals surface area contributed by atoms with Gasteiger partial charge in [-0.2, -0.15) is 13.2 Å². The van der Waals surface area contributed by atoms with Crippen LogP contribution in [0.5, 0.6) is 5.75 Å². The molecule has 0 aromatic heterocycles. The average molecular weight is 414 g/mol. The Balaban J connectivity index is 2.29. The quantitative estimate of drug-likeness (QED) is 0.682. The van der Waals surface area contributed by atoms with Crippen molar-refractivity contribution in [2.45, 2.75) is 18.6 Å². The Morgan fingerprint density at radius 2 is 1.46 bits per heavy atom. The van der Waals surface area contributed by atoms with Crippen molar-refractivity contribution < 1.29 is 31.1 Å². The number of benzene rings is 2. The van der Waals surface area contributed by atoms with E-state index in [1.54, 1.807) is 0 Å². The first-order valence-electron chi connectivity index (χ1n) is 6.45. The third-order valence-electron chi connectivity index (χ3n) is 3.08. The molecule has 0 aliphatic rings. The van der Waals surface area contributed by atoms with E-state index in [-0.39, 0.29) is 10.0 Å². The molecule has 0 radical (unpaired) electrons. The summed E-state index contributed by atoms with van der Waals surface area (Å²) in [5.41, 5.74) is 5.56. The highest BCUT2D eigenvalue weighted by molar-refractivity contribution is 9.10. The van der Waals surface area contributed by atoms with Crippen LogP contribution in [0.3, 0.4) is 0 Å². The Morgan fingerprint density at radius 3 is 1.96 bits per heavy atom. The topological polar surface area (TPSA) is 35.2 Å². The van der Waals surface area contributed by atoms with E-state index < -0.39 is 29.9 Å². The number of nitrogens with two attached hydrogens (primary N) is 1. The van der Waals surface area contributed by atoms with E-state index in [0.717, 1.165) is 24.3 Å². The number of hydrogen-bond acceptors (Lipinski definition) is 2. The third-order valence-corrected chi connectivity index (χ3v) is 3.54. The summed E-state index contributed by atoms with van der Waals surface area (Å²) in [6.45, 7) is 0. The number of hydrogen-bond donors (Lipinski definition) is 1. The monoisotopic (exact) mass is 413 g/mol. The Hall–Kier alpha value is -1.74. The van der Waals surface area contributed by atoms with Crippen molar-refractivity contribution in [3.63, 3.8) is 0 Å². The second-order valence-electron chi connectivity index (χ2n) is 4.87. The van der Waals surface area contributed by atoms with Gasteiger partial charge in [-0.05, 0) is 41.5 Å². The summed E-state index contributed by atoms with van der Waals surface area (Å²) in [4.78, 5) is 0. The van der Waals surface area contributed by atoms with E-state index >= 15 is 0 Å². The molecule has 0 heterocycles. The molecule has 0 saturated carbocycles. The van der Waals surface area contributed by atoms with E-state index in [2.05, 4.69) is 20.7 Å². The number of rotatable bonds is 3. The van der Waals surface area contributed by atoms with Gasteiger partial charge in [0.05, 0.1) is 11.6 Å². The second-order valence-corrected chi connectivity index (χ2v) is 5.78. The zero-order chi connectivity index (χ0) is 18.1. The van der Waals surface area contributed by atoms with E-state index in [0.29, 0.717) is 5.56 Å². The van der Waals surface area contributed by atoms with Crippen LogP contribution < -0.4 is 10.5 Å². The van der Waals surface area contributed by atoms with Crippen LogP contribution in [0.15, 0.2) is 46.9 Å². The van der Waals surface area contributed by atoms with Gasteiger partial charge in [-0.15, -0.1) is 13.2 Å². The molecule has 0 bridgehead atoms. The lowest BCUT2D eigenvalue weighted by Gasteiger charge is -2.16. The molecule has 0 unspecified atom stereocenters. The smallest absolute Gasteiger partial charge is 0.406 e. The molecule has 130 valence electrons. The Bertz CT molecular complexity index is 711. The lowest BCUT2D eigenvalue weighted by atomic mass is 9.98. The van der Waals surface area contributed by atoms with E-state index in [9.17, 15) is 26.3 Å². The molecule has 2 aromatic carbocycles. The Morgan fingerprint density at radius 1 is 0.875 bits per heavy atom. The molecule has 0 aliphatic heterocycles. The van der Waals surface area contributed by atoms with Crippen LogP contribution in [0.4, 0.5) is 26.3 Å². The van der Waals surface area contributed by atoms with Gasteiger partial charge in [-0.3, -0.25) is 0 Å². The fourth-order valence-corrected chi connectivity index (χ4v) is 2.54. The van der Waals surface area contributed by atoms with Crippen molar-refractivity contribution >= 4 is 15.9 Å². The molecule has 0 fully saturated rings. The van der Waals surface area contributed by atoms with Crippen molar-refractivity contribution in [2.75, 3.05) is 0 Å². The van der Waals surface area contributed by atoms with Gasteiger partial charge >= 0.3 is 12.5 Å². The van der Waals surface area contributed by atoms with Crippen LogP contribution in [0.2, 0.25) is 0 Å². The van der Waals surface area contributed by atoms with E-state index in [4.69, 9.17) is 5.73 Å². The predicted molar refractivity (Wildman–Crippen MR) is 78.3 cm³/mol. The van der Waals surface area contributed by atoms with E-state index in [1.165, 1.54) is 18.2 Å².